The Bertz CT molecular complexity index is 786. The van der Waals surface area contributed by atoms with Crippen molar-refractivity contribution in [2.45, 2.75) is 25.9 Å². The number of hydrogen-bond acceptors (Lipinski definition) is 3. The fraction of sp³-hybridized carbons (Fsp3) is 0.333. The zero-order valence-electron chi connectivity index (χ0n) is 13.8. The van der Waals surface area contributed by atoms with Gasteiger partial charge in [0.1, 0.15) is 18.2 Å². The Hall–Kier alpha value is -2.12. The molecule has 1 aliphatic rings. The molecule has 7 heteroatoms. The van der Waals surface area contributed by atoms with Crippen molar-refractivity contribution in [2.24, 2.45) is 0 Å². The Morgan fingerprint density at radius 2 is 1.60 bits per heavy atom. The second kappa shape index (κ2) is 7.84. The highest BCUT2D eigenvalue weighted by Gasteiger charge is 2.23. The van der Waals surface area contributed by atoms with Crippen LogP contribution in [0.3, 0.4) is 0 Å². The van der Waals surface area contributed by atoms with E-state index in [0.717, 1.165) is 24.8 Å². The van der Waals surface area contributed by atoms with E-state index in [1.165, 1.54) is 16.4 Å². The van der Waals surface area contributed by atoms with E-state index in [1.807, 2.05) is 0 Å². The number of halogens is 1. The summed E-state index contributed by atoms with van der Waals surface area (Å²) >= 11 is 0. The van der Waals surface area contributed by atoms with Gasteiger partial charge in [-0.1, -0.05) is 18.6 Å². The van der Waals surface area contributed by atoms with E-state index in [0.29, 0.717) is 31.1 Å². The molecule has 5 nitrogen and oxygen atoms in total. The molecule has 0 aromatic heterocycles. The summed E-state index contributed by atoms with van der Waals surface area (Å²) in [6, 6.07) is 12.8. The fourth-order valence-electron chi connectivity index (χ4n) is 2.69. The Labute approximate surface area is 147 Å². The minimum Gasteiger partial charge on any atom is -0.489 e. The van der Waals surface area contributed by atoms with Gasteiger partial charge in [-0.25, -0.2) is 4.39 Å². The molecule has 2 aromatic carbocycles. The van der Waals surface area contributed by atoms with Gasteiger partial charge in [-0.3, -0.25) is 4.72 Å². The lowest BCUT2D eigenvalue weighted by atomic mass is 10.2. The third-order valence-corrected chi connectivity index (χ3v) is 5.61. The molecular weight excluding hydrogens is 343 g/mol. The second-order valence-electron chi connectivity index (χ2n) is 6.01. The first kappa shape index (κ1) is 17.7. The lowest BCUT2D eigenvalue weighted by Crippen LogP contribution is -2.39. The number of benzene rings is 2. The standard InChI is InChI=1S/C18H21FN2O3S/c19-16-6-4-15(5-7-16)14-24-18-10-8-17(9-11-18)20-25(22,23)21-12-2-1-3-13-21/h4-11,20H,1-3,12-14H2. The molecule has 0 bridgehead atoms. The normalized spacial score (nSPS) is 15.7. The van der Waals surface area contributed by atoms with Crippen molar-refractivity contribution in [3.8, 4) is 5.75 Å². The van der Waals surface area contributed by atoms with Gasteiger partial charge < -0.3 is 4.74 Å². The predicted molar refractivity (Wildman–Crippen MR) is 95.1 cm³/mol. The molecule has 0 aliphatic carbocycles. The number of hydrogen-bond donors (Lipinski definition) is 1. The van der Waals surface area contributed by atoms with Gasteiger partial charge in [0.15, 0.2) is 0 Å². The van der Waals surface area contributed by atoms with E-state index >= 15 is 0 Å². The maximum Gasteiger partial charge on any atom is 0.301 e. The average molecular weight is 364 g/mol. The fourth-order valence-corrected chi connectivity index (χ4v) is 3.99. The lowest BCUT2D eigenvalue weighted by Gasteiger charge is -2.26. The van der Waals surface area contributed by atoms with Crippen molar-refractivity contribution in [1.29, 1.82) is 0 Å². The van der Waals surface area contributed by atoms with Gasteiger partial charge in [0, 0.05) is 13.1 Å². The van der Waals surface area contributed by atoms with Gasteiger partial charge in [-0.15, -0.1) is 0 Å². The van der Waals surface area contributed by atoms with E-state index in [1.54, 1.807) is 36.4 Å². The SMILES string of the molecule is O=S(=O)(Nc1ccc(OCc2ccc(F)cc2)cc1)N1CCCCC1. The zero-order chi connectivity index (χ0) is 17.7. The van der Waals surface area contributed by atoms with Gasteiger partial charge in [0.25, 0.3) is 0 Å². The van der Waals surface area contributed by atoms with E-state index in [-0.39, 0.29) is 5.82 Å². The van der Waals surface area contributed by atoms with Crippen molar-refractivity contribution < 1.29 is 17.5 Å². The van der Waals surface area contributed by atoms with Gasteiger partial charge in [-0.05, 0) is 54.8 Å². The summed E-state index contributed by atoms with van der Waals surface area (Å²) in [5.41, 5.74) is 1.36. The molecule has 25 heavy (non-hydrogen) atoms. The highest BCUT2D eigenvalue weighted by molar-refractivity contribution is 7.90. The molecule has 3 rings (SSSR count). The third kappa shape index (κ3) is 4.93. The Balaban J connectivity index is 1.57. The minimum absolute atomic E-state index is 0.283. The molecule has 1 N–H and O–H groups in total. The first-order chi connectivity index (χ1) is 12.0. The highest BCUT2D eigenvalue weighted by atomic mass is 32.2. The summed E-state index contributed by atoms with van der Waals surface area (Å²) in [7, 11) is -3.50. The first-order valence-electron chi connectivity index (χ1n) is 8.28. The molecule has 0 unspecified atom stereocenters. The summed E-state index contributed by atoms with van der Waals surface area (Å²) in [5, 5.41) is 0. The number of nitrogens with zero attached hydrogens (tertiary/aromatic N) is 1. The number of rotatable bonds is 6. The maximum absolute atomic E-state index is 12.9. The molecule has 1 aliphatic heterocycles. The van der Waals surface area contributed by atoms with E-state index in [2.05, 4.69) is 4.72 Å². The van der Waals surface area contributed by atoms with E-state index < -0.39 is 10.2 Å². The largest absolute Gasteiger partial charge is 0.489 e. The summed E-state index contributed by atoms with van der Waals surface area (Å²) in [6.45, 7) is 1.45. The summed E-state index contributed by atoms with van der Waals surface area (Å²) in [4.78, 5) is 0. The number of anilines is 1. The second-order valence-corrected chi connectivity index (χ2v) is 7.68. The topological polar surface area (TPSA) is 58.6 Å². The summed E-state index contributed by atoms with van der Waals surface area (Å²) in [5.74, 6) is 0.333. The molecule has 0 saturated carbocycles. The Kier molecular flexibility index (Phi) is 5.55. The molecule has 2 aromatic rings. The van der Waals surface area contributed by atoms with Crippen LogP contribution in [0.25, 0.3) is 0 Å². The van der Waals surface area contributed by atoms with Crippen LogP contribution >= 0.6 is 0 Å². The molecular formula is C18H21FN2O3S. The van der Waals surface area contributed by atoms with Crippen molar-refractivity contribution in [1.82, 2.24) is 4.31 Å². The van der Waals surface area contributed by atoms with Crippen LogP contribution in [0.1, 0.15) is 24.8 Å². The molecule has 0 atom stereocenters. The monoisotopic (exact) mass is 364 g/mol. The highest BCUT2D eigenvalue weighted by Crippen LogP contribution is 2.20. The zero-order valence-corrected chi connectivity index (χ0v) is 14.6. The quantitative estimate of drug-likeness (QED) is 0.853. The maximum atomic E-state index is 12.9. The van der Waals surface area contributed by atoms with Crippen LogP contribution in [-0.2, 0) is 16.8 Å². The molecule has 0 amide bonds. The molecule has 1 saturated heterocycles. The lowest BCUT2D eigenvalue weighted by molar-refractivity contribution is 0.306. The Morgan fingerprint density at radius 3 is 2.24 bits per heavy atom. The summed E-state index contributed by atoms with van der Waals surface area (Å²) in [6.07, 6.45) is 2.88. The van der Waals surface area contributed by atoms with Crippen LogP contribution in [0.2, 0.25) is 0 Å². The van der Waals surface area contributed by atoms with Crippen molar-refractivity contribution in [3.05, 3.63) is 59.9 Å². The first-order valence-corrected chi connectivity index (χ1v) is 9.72. The third-order valence-electron chi connectivity index (χ3n) is 4.07. The number of ether oxygens (including phenoxy) is 1. The molecule has 0 radical (unpaired) electrons. The van der Waals surface area contributed by atoms with Gasteiger partial charge >= 0.3 is 10.2 Å². The predicted octanol–water partition coefficient (Wildman–Crippen LogP) is 3.55. The Morgan fingerprint density at radius 1 is 0.960 bits per heavy atom. The van der Waals surface area contributed by atoms with Crippen molar-refractivity contribution in [3.63, 3.8) is 0 Å². The van der Waals surface area contributed by atoms with Crippen LogP contribution in [0.4, 0.5) is 10.1 Å². The van der Waals surface area contributed by atoms with E-state index in [4.69, 9.17) is 4.74 Å². The van der Waals surface area contributed by atoms with Crippen LogP contribution < -0.4 is 9.46 Å². The minimum atomic E-state index is -3.50. The smallest absolute Gasteiger partial charge is 0.301 e. The average Bonchev–Trinajstić information content (AvgIpc) is 2.63. The molecule has 0 spiro atoms. The van der Waals surface area contributed by atoms with Crippen molar-refractivity contribution in [2.75, 3.05) is 17.8 Å². The van der Waals surface area contributed by atoms with Crippen LogP contribution in [0.15, 0.2) is 48.5 Å². The summed E-state index contributed by atoms with van der Waals surface area (Å²) < 4.78 is 47.2. The van der Waals surface area contributed by atoms with Crippen LogP contribution in [0.5, 0.6) is 5.75 Å². The molecule has 1 heterocycles. The van der Waals surface area contributed by atoms with Gasteiger partial charge in [0.05, 0.1) is 5.69 Å². The van der Waals surface area contributed by atoms with Crippen LogP contribution in [0, 0.1) is 5.82 Å². The van der Waals surface area contributed by atoms with E-state index in [9.17, 15) is 12.8 Å². The molecule has 134 valence electrons. The van der Waals surface area contributed by atoms with Crippen molar-refractivity contribution >= 4 is 15.9 Å². The van der Waals surface area contributed by atoms with Gasteiger partial charge in [-0.2, -0.15) is 12.7 Å². The number of piperidine rings is 1. The number of nitrogens with one attached hydrogen (secondary N) is 1. The van der Waals surface area contributed by atoms with Crippen LogP contribution in [-0.4, -0.2) is 25.8 Å². The van der Waals surface area contributed by atoms with Gasteiger partial charge in [0.2, 0.25) is 0 Å². The molecule has 1 fully saturated rings.